The van der Waals surface area contributed by atoms with Crippen LogP contribution in [0.3, 0.4) is 0 Å². The van der Waals surface area contributed by atoms with Crippen molar-refractivity contribution in [3.63, 3.8) is 0 Å². The van der Waals surface area contributed by atoms with Gasteiger partial charge in [-0.3, -0.25) is 4.79 Å². The van der Waals surface area contributed by atoms with Gasteiger partial charge in [0.1, 0.15) is 0 Å². The lowest BCUT2D eigenvalue weighted by molar-refractivity contribution is 0.102. The van der Waals surface area contributed by atoms with Crippen molar-refractivity contribution < 1.29 is 4.79 Å². The first kappa shape index (κ1) is 11.2. The number of hydrogen-bond acceptors (Lipinski definition) is 6. The van der Waals surface area contributed by atoms with Crippen LogP contribution in [0, 0.1) is 0 Å². The van der Waals surface area contributed by atoms with Crippen molar-refractivity contribution in [2.45, 2.75) is 0 Å². The molecule has 0 spiro atoms. The molecule has 0 aromatic carbocycles. The number of carbonyl (C=O) groups is 1. The maximum atomic E-state index is 11.6. The largest absolute Gasteiger partial charge is 0.317 e. The molecule has 0 bridgehead atoms. The molecule has 0 fully saturated rings. The molecule has 0 radical (unpaired) electrons. The maximum Gasteiger partial charge on any atom is 0.286 e. The monoisotopic (exact) mass is 275 g/mol. The van der Waals surface area contributed by atoms with Gasteiger partial charge in [0, 0.05) is 0 Å². The maximum absolute atomic E-state index is 11.6. The summed E-state index contributed by atoms with van der Waals surface area (Å²) < 4.78 is 0.206. The summed E-state index contributed by atoms with van der Waals surface area (Å²) in [6, 6.07) is 0. The normalized spacial score (nSPS) is 10.1. The van der Waals surface area contributed by atoms with Gasteiger partial charge in [-0.25, -0.2) is 9.97 Å². The third-order valence-electron chi connectivity index (χ3n) is 1.47. The summed E-state index contributed by atoms with van der Waals surface area (Å²) >= 11 is 12.0. The first-order chi connectivity index (χ1) is 7.65. The predicted molar refractivity (Wildman–Crippen MR) is 59.9 cm³/mol. The molecule has 1 N–H and O–H groups in total. The molecule has 0 aliphatic heterocycles. The molecule has 2 aromatic rings. The molecule has 0 unspecified atom stereocenters. The molecular formula is C7H3Cl2N5OS. The van der Waals surface area contributed by atoms with Gasteiger partial charge in [0.15, 0.2) is 0 Å². The fraction of sp³-hybridized carbons (Fsp3) is 0. The third-order valence-corrected chi connectivity index (χ3v) is 2.69. The molecule has 9 heteroatoms. The second-order valence-electron chi connectivity index (χ2n) is 2.56. The van der Waals surface area contributed by atoms with Gasteiger partial charge < -0.3 is 5.32 Å². The zero-order valence-electron chi connectivity index (χ0n) is 7.52. The SMILES string of the molecule is O=C(Nc1cnc(Cl)nc1)c1nnc(Cl)s1. The lowest BCUT2D eigenvalue weighted by Gasteiger charge is -2.00. The average molecular weight is 276 g/mol. The van der Waals surface area contributed by atoms with Gasteiger partial charge in [-0.2, -0.15) is 0 Å². The number of aromatic nitrogens is 4. The molecule has 0 aliphatic rings. The Morgan fingerprint density at radius 2 is 1.94 bits per heavy atom. The van der Waals surface area contributed by atoms with Crippen LogP contribution in [-0.4, -0.2) is 26.1 Å². The number of nitrogens with zero attached hydrogens (tertiary/aromatic N) is 4. The fourth-order valence-corrected chi connectivity index (χ4v) is 1.68. The van der Waals surface area contributed by atoms with E-state index in [1.807, 2.05) is 0 Å². The molecule has 2 heterocycles. The number of halogens is 2. The van der Waals surface area contributed by atoms with Crippen molar-refractivity contribution in [3.8, 4) is 0 Å². The van der Waals surface area contributed by atoms with Gasteiger partial charge in [0.05, 0.1) is 18.1 Å². The van der Waals surface area contributed by atoms with Gasteiger partial charge in [-0.05, 0) is 23.2 Å². The Morgan fingerprint density at radius 1 is 1.25 bits per heavy atom. The smallest absolute Gasteiger partial charge is 0.286 e. The fourth-order valence-electron chi connectivity index (χ4n) is 0.858. The van der Waals surface area contributed by atoms with Crippen LogP contribution in [0.2, 0.25) is 9.75 Å². The van der Waals surface area contributed by atoms with E-state index in [0.29, 0.717) is 5.69 Å². The number of nitrogens with one attached hydrogen (secondary N) is 1. The van der Waals surface area contributed by atoms with E-state index < -0.39 is 5.91 Å². The first-order valence-corrected chi connectivity index (χ1v) is 5.50. The van der Waals surface area contributed by atoms with Crippen LogP contribution in [0.15, 0.2) is 12.4 Å². The van der Waals surface area contributed by atoms with E-state index in [2.05, 4.69) is 25.5 Å². The van der Waals surface area contributed by atoms with Crippen LogP contribution in [0.5, 0.6) is 0 Å². The van der Waals surface area contributed by atoms with Crippen molar-refractivity contribution >= 4 is 46.1 Å². The highest BCUT2D eigenvalue weighted by Gasteiger charge is 2.12. The first-order valence-electron chi connectivity index (χ1n) is 3.93. The summed E-state index contributed by atoms with van der Waals surface area (Å²) in [7, 11) is 0. The predicted octanol–water partition coefficient (Wildman–Crippen LogP) is 1.89. The summed E-state index contributed by atoms with van der Waals surface area (Å²) in [6.07, 6.45) is 2.77. The molecule has 0 saturated heterocycles. The molecule has 2 aromatic heterocycles. The highest BCUT2D eigenvalue weighted by molar-refractivity contribution is 7.17. The van der Waals surface area contributed by atoms with Crippen LogP contribution >= 0.6 is 34.5 Å². The van der Waals surface area contributed by atoms with Gasteiger partial charge in [-0.1, -0.05) is 11.3 Å². The van der Waals surface area contributed by atoms with E-state index in [1.165, 1.54) is 12.4 Å². The van der Waals surface area contributed by atoms with E-state index in [0.717, 1.165) is 11.3 Å². The average Bonchev–Trinajstić information content (AvgIpc) is 2.68. The Kier molecular flexibility index (Phi) is 3.28. The van der Waals surface area contributed by atoms with Crippen molar-refractivity contribution in [1.82, 2.24) is 20.2 Å². The van der Waals surface area contributed by atoms with Gasteiger partial charge >= 0.3 is 0 Å². The molecule has 1 amide bonds. The number of carbonyl (C=O) groups excluding carboxylic acids is 1. The summed E-state index contributed by atoms with van der Waals surface area (Å²) in [5.74, 6) is -0.421. The Bertz CT molecular complexity index is 514. The van der Waals surface area contributed by atoms with E-state index in [9.17, 15) is 4.79 Å². The molecule has 0 saturated carbocycles. The minimum absolute atomic E-state index is 0.108. The zero-order valence-corrected chi connectivity index (χ0v) is 9.84. The quantitative estimate of drug-likeness (QED) is 0.847. The third kappa shape index (κ3) is 2.63. The molecule has 0 atom stereocenters. The molecule has 82 valence electrons. The Morgan fingerprint density at radius 3 is 2.50 bits per heavy atom. The van der Waals surface area contributed by atoms with Gasteiger partial charge in [0.2, 0.25) is 14.8 Å². The Balaban J connectivity index is 2.10. The number of amides is 1. The minimum Gasteiger partial charge on any atom is -0.317 e. The summed E-state index contributed by atoms with van der Waals surface area (Å²) in [6.45, 7) is 0. The lowest BCUT2D eigenvalue weighted by Crippen LogP contribution is -2.12. The van der Waals surface area contributed by atoms with Crippen LogP contribution in [0.1, 0.15) is 9.80 Å². The number of hydrogen-bond donors (Lipinski definition) is 1. The van der Waals surface area contributed by atoms with Crippen molar-refractivity contribution in [2.75, 3.05) is 5.32 Å². The van der Waals surface area contributed by atoms with E-state index in [1.54, 1.807) is 0 Å². The lowest BCUT2D eigenvalue weighted by atomic mass is 10.5. The van der Waals surface area contributed by atoms with Gasteiger partial charge in [-0.15, -0.1) is 10.2 Å². The van der Waals surface area contributed by atoms with Crippen LogP contribution in [0.25, 0.3) is 0 Å². The van der Waals surface area contributed by atoms with Gasteiger partial charge in [0.25, 0.3) is 5.91 Å². The molecule has 2 rings (SSSR count). The van der Waals surface area contributed by atoms with Crippen molar-refractivity contribution in [3.05, 3.63) is 27.2 Å². The second-order valence-corrected chi connectivity index (χ2v) is 4.45. The van der Waals surface area contributed by atoms with Crippen molar-refractivity contribution in [2.24, 2.45) is 0 Å². The molecule has 16 heavy (non-hydrogen) atoms. The number of anilines is 1. The molecule has 6 nitrogen and oxygen atoms in total. The summed E-state index contributed by atoms with van der Waals surface area (Å²) in [4.78, 5) is 19.0. The molecule has 0 aliphatic carbocycles. The highest BCUT2D eigenvalue weighted by Crippen LogP contribution is 2.16. The molecular weight excluding hydrogens is 273 g/mol. The Hall–Kier alpha value is -1.31. The van der Waals surface area contributed by atoms with E-state index in [-0.39, 0.29) is 14.8 Å². The second kappa shape index (κ2) is 4.69. The van der Waals surface area contributed by atoms with E-state index >= 15 is 0 Å². The minimum atomic E-state index is -0.421. The van der Waals surface area contributed by atoms with Crippen LogP contribution in [-0.2, 0) is 0 Å². The van der Waals surface area contributed by atoms with Crippen LogP contribution in [0.4, 0.5) is 5.69 Å². The standard InChI is InChI=1S/C7H3Cl2N5OS/c8-6-10-1-3(2-11-6)12-4(15)5-13-14-7(9)16-5/h1-2H,(H,12,15). The topological polar surface area (TPSA) is 80.7 Å². The summed E-state index contributed by atoms with van der Waals surface area (Å²) in [5.41, 5.74) is 0.417. The highest BCUT2D eigenvalue weighted by atomic mass is 35.5. The summed E-state index contributed by atoms with van der Waals surface area (Å²) in [5, 5.41) is 9.90. The number of rotatable bonds is 2. The van der Waals surface area contributed by atoms with Crippen LogP contribution < -0.4 is 5.32 Å². The Labute approximate surface area is 104 Å². The van der Waals surface area contributed by atoms with E-state index in [4.69, 9.17) is 23.2 Å². The van der Waals surface area contributed by atoms with Crippen molar-refractivity contribution in [1.29, 1.82) is 0 Å². The zero-order chi connectivity index (χ0) is 11.5.